The van der Waals surface area contributed by atoms with Gasteiger partial charge < -0.3 is 40.2 Å². The van der Waals surface area contributed by atoms with Gasteiger partial charge in [-0.1, -0.05) is 27.7 Å². The van der Waals surface area contributed by atoms with E-state index in [1.54, 1.807) is 27.7 Å². The molecule has 0 aromatic heterocycles. The highest BCUT2D eigenvalue weighted by Crippen LogP contribution is 2.07. The Morgan fingerprint density at radius 3 is 1.15 bits per heavy atom. The Balaban J connectivity index is 2.56. The molecule has 1 fully saturated rings. The number of nitrogens with zero attached hydrogens (tertiary/aromatic N) is 2. The van der Waals surface area contributed by atoms with Gasteiger partial charge >= 0.3 is 12.1 Å². The highest BCUT2D eigenvalue weighted by atomic mass is 16.4. The molecule has 4 amide bonds. The molecule has 1 heterocycles. The van der Waals surface area contributed by atoms with E-state index in [0.29, 0.717) is 0 Å². The molecule has 26 heavy (non-hydrogen) atoms. The number of carboxylic acid groups (broad SMARTS) is 2. The maximum absolute atomic E-state index is 12.2. The van der Waals surface area contributed by atoms with Crippen LogP contribution in [0.15, 0.2) is 0 Å². The third kappa shape index (κ3) is 5.78. The Hall–Kier alpha value is -2.52. The molecule has 2 N–H and O–H groups in total. The van der Waals surface area contributed by atoms with Crippen LogP contribution in [0.5, 0.6) is 0 Å². The number of rotatable bonds is 6. The summed E-state index contributed by atoms with van der Waals surface area (Å²) in [6.45, 7) is 7.45. The van der Waals surface area contributed by atoms with Crippen LogP contribution in [-0.4, -0.2) is 72.1 Å². The highest BCUT2D eigenvalue weighted by molar-refractivity contribution is 5.83. The molecule has 1 rings (SSSR count). The van der Waals surface area contributed by atoms with Crippen molar-refractivity contribution in [3.8, 4) is 0 Å². The molecular weight excluding hydrogens is 344 g/mol. The summed E-state index contributed by atoms with van der Waals surface area (Å²) in [6.07, 6.45) is 0. The van der Waals surface area contributed by atoms with Crippen molar-refractivity contribution in [1.82, 2.24) is 20.4 Å². The summed E-state index contributed by atoms with van der Waals surface area (Å²) in [5, 5.41) is 26.9. The van der Waals surface area contributed by atoms with Gasteiger partial charge in [-0.2, -0.15) is 0 Å². The first-order chi connectivity index (χ1) is 12.0. The Labute approximate surface area is 152 Å². The van der Waals surface area contributed by atoms with Gasteiger partial charge in [0.2, 0.25) is 0 Å². The fourth-order valence-electron chi connectivity index (χ4n) is 2.56. The molecule has 0 radical (unpaired) electrons. The number of piperazine rings is 1. The minimum absolute atomic E-state index is 0.203. The van der Waals surface area contributed by atoms with E-state index in [1.807, 2.05) is 0 Å². The molecule has 0 aromatic rings. The number of aliphatic carboxylic acids is 2. The smallest absolute Gasteiger partial charge is 0.318 e. The molecule has 148 valence electrons. The predicted molar refractivity (Wildman–Crippen MR) is 87.5 cm³/mol. The van der Waals surface area contributed by atoms with E-state index in [9.17, 15) is 29.4 Å². The summed E-state index contributed by atoms with van der Waals surface area (Å²) < 4.78 is 0. The number of urea groups is 2. The highest BCUT2D eigenvalue weighted by Gasteiger charge is 2.28. The van der Waals surface area contributed by atoms with Crippen LogP contribution in [0.4, 0.5) is 9.59 Å². The number of hydrogen-bond acceptors (Lipinski definition) is 6. The Morgan fingerprint density at radius 2 is 0.962 bits per heavy atom. The van der Waals surface area contributed by atoms with E-state index in [0.717, 1.165) is 0 Å². The minimum Gasteiger partial charge on any atom is -0.548 e. The second-order valence-electron chi connectivity index (χ2n) is 6.95. The molecular formula is C16H26N4O6-2. The number of carboxylic acids is 2. The first-order valence-electron chi connectivity index (χ1n) is 8.57. The van der Waals surface area contributed by atoms with Gasteiger partial charge in [0.15, 0.2) is 0 Å². The molecule has 10 heteroatoms. The van der Waals surface area contributed by atoms with Gasteiger partial charge in [0, 0.05) is 26.2 Å². The Morgan fingerprint density at radius 1 is 0.692 bits per heavy atom. The minimum atomic E-state index is -1.35. The number of carbonyl (C=O) groups is 4. The summed E-state index contributed by atoms with van der Waals surface area (Å²) in [5.41, 5.74) is 0. The van der Waals surface area contributed by atoms with Crippen LogP contribution in [0.2, 0.25) is 0 Å². The first kappa shape index (κ1) is 21.5. The van der Waals surface area contributed by atoms with Gasteiger partial charge in [-0.15, -0.1) is 0 Å². The Kier molecular flexibility index (Phi) is 7.66. The van der Waals surface area contributed by atoms with Gasteiger partial charge in [-0.05, 0) is 11.8 Å². The third-order valence-electron chi connectivity index (χ3n) is 4.25. The largest absolute Gasteiger partial charge is 0.548 e. The van der Waals surface area contributed by atoms with Gasteiger partial charge in [0.25, 0.3) is 0 Å². The second-order valence-corrected chi connectivity index (χ2v) is 6.95. The van der Waals surface area contributed by atoms with Crippen LogP contribution in [-0.2, 0) is 9.59 Å². The molecule has 0 aliphatic carbocycles. The van der Waals surface area contributed by atoms with Crippen molar-refractivity contribution in [3.63, 3.8) is 0 Å². The molecule has 1 saturated heterocycles. The second kappa shape index (κ2) is 9.25. The molecule has 1 aliphatic heterocycles. The number of amides is 4. The summed E-state index contributed by atoms with van der Waals surface area (Å²) in [5.74, 6) is -3.36. The monoisotopic (exact) mass is 370 g/mol. The summed E-state index contributed by atoms with van der Waals surface area (Å²) in [4.78, 5) is 49.3. The van der Waals surface area contributed by atoms with Crippen molar-refractivity contribution in [2.75, 3.05) is 26.2 Å². The lowest BCUT2D eigenvalue weighted by Crippen LogP contribution is -2.60. The average molecular weight is 370 g/mol. The molecule has 0 spiro atoms. The van der Waals surface area contributed by atoms with E-state index in [4.69, 9.17) is 0 Å². The number of hydrogen-bond donors (Lipinski definition) is 2. The lowest BCUT2D eigenvalue weighted by molar-refractivity contribution is -0.310. The van der Waals surface area contributed by atoms with Gasteiger partial charge in [0.05, 0.1) is 24.0 Å². The number of nitrogens with one attached hydrogen (secondary N) is 2. The third-order valence-corrected chi connectivity index (χ3v) is 4.25. The first-order valence-corrected chi connectivity index (χ1v) is 8.57. The van der Waals surface area contributed by atoms with Gasteiger partial charge in [-0.25, -0.2) is 9.59 Å². The van der Waals surface area contributed by atoms with E-state index < -0.39 is 36.1 Å². The van der Waals surface area contributed by atoms with E-state index in [-0.39, 0.29) is 38.0 Å². The van der Waals surface area contributed by atoms with Crippen LogP contribution in [0.3, 0.4) is 0 Å². The maximum Gasteiger partial charge on any atom is 0.318 e. The zero-order chi connectivity index (χ0) is 20.0. The van der Waals surface area contributed by atoms with Crippen LogP contribution in [0, 0.1) is 11.8 Å². The van der Waals surface area contributed by atoms with Crippen molar-refractivity contribution in [1.29, 1.82) is 0 Å². The molecule has 0 aromatic carbocycles. The zero-order valence-electron chi connectivity index (χ0n) is 15.5. The van der Waals surface area contributed by atoms with Crippen LogP contribution in [0.1, 0.15) is 27.7 Å². The predicted octanol–water partition coefficient (Wildman–Crippen LogP) is -2.43. The van der Waals surface area contributed by atoms with Crippen molar-refractivity contribution < 1.29 is 29.4 Å². The Bertz CT molecular complexity index is 495. The molecule has 2 atom stereocenters. The summed E-state index contributed by atoms with van der Waals surface area (Å²) in [6, 6.07) is -3.28. The summed E-state index contributed by atoms with van der Waals surface area (Å²) in [7, 11) is 0. The van der Waals surface area contributed by atoms with Gasteiger partial charge in [-0.3, -0.25) is 0 Å². The lowest BCUT2D eigenvalue weighted by atomic mass is 10.1. The molecule has 0 saturated carbocycles. The SMILES string of the molecule is CC(C)[C@H](NC(=O)N1CCN(C(=O)N[C@H](C(=O)[O-])C(C)C)CC1)C(=O)[O-]. The molecule has 0 unspecified atom stereocenters. The standard InChI is InChI=1S/C16H28N4O6/c1-9(2)11(13(21)22)17-15(25)19-5-7-20(8-6-19)16(26)18-12(10(3)4)14(23)24/h9-12H,5-8H2,1-4H3,(H,17,25)(H,18,26)(H,21,22)(H,23,24)/p-2/t11-,12-/m0/s1. The van der Waals surface area contributed by atoms with Crippen LogP contribution in [0.25, 0.3) is 0 Å². The fraction of sp³-hybridized carbons (Fsp3) is 0.750. The molecule has 0 bridgehead atoms. The molecule has 1 aliphatic rings. The van der Waals surface area contributed by atoms with Crippen LogP contribution < -0.4 is 20.8 Å². The van der Waals surface area contributed by atoms with Crippen molar-refractivity contribution in [2.24, 2.45) is 11.8 Å². The summed E-state index contributed by atoms with van der Waals surface area (Å²) >= 11 is 0. The fourth-order valence-corrected chi connectivity index (χ4v) is 2.56. The zero-order valence-corrected chi connectivity index (χ0v) is 15.5. The maximum atomic E-state index is 12.2. The van der Waals surface area contributed by atoms with Crippen molar-refractivity contribution in [3.05, 3.63) is 0 Å². The van der Waals surface area contributed by atoms with Crippen molar-refractivity contribution in [2.45, 2.75) is 39.8 Å². The van der Waals surface area contributed by atoms with Crippen molar-refractivity contribution >= 4 is 24.0 Å². The number of carbonyl (C=O) groups excluding carboxylic acids is 4. The lowest BCUT2D eigenvalue weighted by Gasteiger charge is -2.37. The topological polar surface area (TPSA) is 145 Å². The van der Waals surface area contributed by atoms with Crippen LogP contribution >= 0.6 is 0 Å². The normalized spacial score (nSPS) is 17.0. The van der Waals surface area contributed by atoms with Gasteiger partial charge in [0.1, 0.15) is 0 Å². The quantitative estimate of drug-likeness (QED) is 0.532. The average Bonchev–Trinajstić information content (AvgIpc) is 2.55. The van der Waals surface area contributed by atoms with E-state index >= 15 is 0 Å². The molecule has 10 nitrogen and oxygen atoms in total. The van der Waals surface area contributed by atoms with E-state index in [1.165, 1.54) is 9.80 Å². The van der Waals surface area contributed by atoms with E-state index in [2.05, 4.69) is 10.6 Å².